The van der Waals surface area contributed by atoms with Crippen LogP contribution in [0.15, 0.2) is 0 Å². The molecule has 0 aromatic heterocycles. The van der Waals surface area contributed by atoms with Gasteiger partial charge in [0.05, 0.1) is 12.7 Å². The summed E-state index contributed by atoms with van der Waals surface area (Å²) < 4.78 is 4.71. The van der Waals surface area contributed by atoms with E-state index in [2.05, 4.69) is 20.8 Å². The van der Waals surface area contributed by atoms with Crippen LogP contribution < -0.4 is 0 Å². The van der Waals surface area contributed by atoms with Crippen LogP contribution in [0.4, 0.5) is 0 Å². The van der Waals surface area contributed by atoms with E-state index in [0.29, 0.717) is 18.3 Å². The van der Waals surface area contributed by atoms with E-state index >= 15 is 0 Å². The molecule has 4 nitrogen and oxygen atoms in total. The first-order chi connectivity index (χ1) is 9.35. The molecule has 2 unspecified atom stereocenters. The third kappa shape index (κ3) is 11.0. The van der Waals surface area contributed by atoms with Crippen LogP contribution >= 0.6 is 0 Å². The van der Waals surface area contributed by atoms with Crippen molar-refractivity contribution in [2.75, 3.05) is 6.61 Å². The van der Waals surface area contributed by atoms with Gasteiger partial charge in [-0.1, -0.05) is 40.0 Å². The Kier molecular flexibility index (Phi) is 10.3. The van der Waals surface area contributed by atoms with E-state index in [1.807, 2.05) is 0 Å². The molecule has 0 amide bonds. The maximum absolute atomic E-state index is 11.6. The summed E-state index contributed by atoms with van der Waals surface area (Å²) in [6, 6.07) is 0. The molecule has 0 aliphatic rings. The molecule has 0 saturated heterocycles. The largest absolute Gasteiger partial charge is 0.466 e. The fourth-order valence-corrected chi connectivity index (χ4v) is 2.25. The summed E-state index contributed by atoms with van der Waals surface area (Å²) in [7, 11) is 0. The van der Waals surface area contributed by atoms with Crippen LogP contribution in [0.2, 0.25) is 0 Å². The molecule has 0 radical (unpaired) electrons. The van der Waals surface area contributed by atoms with Gasteiger partial charge in [-0.25, -0.2) is 0 Å². The number of ketones is 1. The number of hydrogen-bond acceptors (Lipinski definition) is 4. The second-order valence-corrected chi connectivity index (χ2v) is 6.04. The fraction of sp³-hybridized carbons (Fsp3) is 0.875. The standard InChI is InChI=1S/C16H30O4/c1-5-20-16(19)11-15(18)10-14(17)9-13(4)8-6-7-12(2)3/h12-14,17H,5-11H2,1-4H3. The van der Waals surface area contributed by atoms with Crippen molar-refractivity contribution in [1.29, 1.82) is 0 Å². The van der Waals surface area contributed by atoms with Gasteiger partial charge in [-0.2, -0.15) is 0 Å². The van der Waals surface area contributed by atoms with Gasteiger partial charge < -0.3 is 9.84 Å². The summed E-state index contributed by atoms with van der Waals surface area (Å²) in [6.07, 6.45) is 3.21. The smallest absolute Gasteiger partial charge is 0.313 e. The zero-order chi connectivity index (χ0) is 15.5. The van der Waals surface area contributed by atoms with Crippen LogP contribution in [-0.2, 0) is 14.3 Å². The molecule has 0 saturated carbocycles. The monoisotopic (exact) mass is 286 g/mol. The molecule has 0 rings (SSSR count). The molecule has 118 valence electrons. The van der Waals surface area contributed by atoms with E-state index in [4.69, 9.17) is 4.74 Å². The summed E-state index contributed by atoms with van der Waals surface area (Å²) in [6.45, 7) is 8.48. The van der Waals surface area contributed by atoms with Crippen LogP contribution in [0.5, 0.6) is 0 Å². The van der Waals surface area contributed by atoms with Crippen molar-refractivity contribution in [1.82, 2.24) is 0 Å². The highest BCUT2D eigenvalue weighted by Crippen LogP contribution is 2.18. The summed E-state index contributed by atoms with van der Waals surface area (Å²) >= 11 is 0. The maximum atomic E-state index is 11.6. The molecule has 4 heteroatoms. The number of aliphatic hydroxyl groups is 1. The van der Waals surface area contributed by atoms with Crippen molar-refractivity contribution < 1.29 is 19.4 Å². The molecular weight excluding hydrogens is 256 g/mol. The second kappa shape index (κ2) is 10.8. The van der Waals surface area contributed by atoms with Crippen molar-refractivity contribution in [2.45, 2.75) is 72.3 Å². The lowest BCUT2D eigenvalue weighted by Crippen LogP contribution is -2.19. The summed E-state index contributed by atoms with van der Waals surface area (Å²) in [5.41, 5.74) is 0. The number of aliphatic hydroxyl groups excluding tert-OH is 1. The van der Waals surface area contributed by atoms with Gasteiger partial charge in [0.1, 0.15) is 12.2 Å². The van der Waals surface area contributed by atoms with Crippen molar-refractivity contribution in [3.05, 3.63) is 0 Å². The molecule has 0 aliphatic heterocycles. The normalized spacial score (nSPS) is 14.1. The van der Waals surface area contributed by atoms with Gasteiger partial charge in [0.2, 0.25) is 0 Å². The number of ether oxygens (including phenoxy) is 1. The zero-order valence-corrected chi connectivity index (χ0v) is 13.4. The lowest BCUT2D eigenvalue weighted by Gasteiger charge is -2.16. The highest BCUT2D eigenvalue weighted by Gasteiger charge is 2.17. The Balaban J connectivity index is 3.82. The van der Waals surface area contributed by atoms with Crippen LogP contribution in [-0.4, -0.2) is 29.6 Å². The topological polar surface area (TPSA) is 63.6 Å². The summed E-state index contributed by atoms with van der Waals surface area (Å²) in [5, 5.41) is 9.87. The molecule has 0 aromatic carbocycles. The molecule has 1 N–H and O–H groups in total. The average Bonchev–Trinajstić information content (AvgIpc) is 2.27. The first-order valence-electron chi connectivity index (χ1n) is 7.70. The van der Waals surface area contributed by atoms with Crippen LogP contribution in [0.25, 0.3) is 0 Å². The van der Waals surface area contributed by atoms with Gasteiger partial charge in [-0.05, 0) is 25.2 Å². The Hall–Kier alpha value is -0.900. The maximum Gasteiger partial charge on any atom is 0.313 e. The van der Waals surface area contributed by atoms with E-state index in [0.717, 1.165) is 12.8 Å². The molecule has 2 atom stereocenters. The molecule has 0 bridgehead atoms. The van der Waals surface area contributed by atoms with E-state index in [9.17, 15) is 14.7 Å². The van der Waals surface area contributed by atoms with E-state index in [-0.39, 0.29) is 25.2 Å². The molecule has 0 aliphatic carbocycles. The van der Waals surface area contributed by atoms with Gasteiger partial charge in [0.15, 0.2) is 0 Å². The van der Waals surface area contributed by atoms with E-state index < -0.39 is 12.1 Å². The number of Topliss-reactive ketones (excluding diaryl/α,β-unsaturated/α-hetero) is 1. The molecule has 0 spiro atoms. The van der Waals surface area contributed by atoms with Crippen molar-refractivity contribution >= 4 is 11.8 Å². The van der Waals surface area contributed by atoms with Gasteiger partial charge >= 0.3 is 5.97 Å². The van der Waals surface area contributed by atoms with Crippen molar-refractivity contribution in [3.63, 3.8) is 0 Å². The minimum Gasteiger partial charge on any atom is -0.466 e. The Bertz CT molecular complexity index is 286. The zero-order valence-electron chi connectivity index (χ0n) is 13.4. The molecule has 0 heterocycles. The van der Waals surface area contributed by atoms with Crippen LogP contribution in [0, 0.1) is 11.8 Å². The Morgan fingerprint density at radius 3 is 2.35 bits per heavy atom. The molecule has 20 heavy (non-hydrogen) atoms. The van der Waals surface area contributed by atoms with Crippen LogP contribution in [0.1, 0.15) is 66.2 Å². The average molecular weight is 286 g/mol. The first kappa shape index (κ1) is 19.1. The first-order valence-corrected chi connectivity index (χ1v) is 7.70. The Labute approximate surface area is 122 Å². The van der Waals surface area contributed by atoms with Gasteiger partial charge in [0.25, 0.3) is 0 Å². The van der Waals surface area contributed by atoms with E-state index in [1.54, 1.807) is 6.92 Å². The predicted octanol–water partition coefficient (Wildman–Crippen LogP) is 3.11. The third-order valence-corrected chi connectivity index (χ3v) is 3.26. The quantitative estimate of drug-likeness (QED) is 0.468. The van der Waals surface area contributed by atoms with Crippen molar-refractivity contribution in [2.24, 2.45) is 11.8 Å². The number of carbonyl (C=O) groups is 2. The predicted molar refractivity (Wildman–Crippen MR) is 79.4 cm³/mol. The van der Waals surface area contributed by atoms with Crippen LogP contribution in [0.3, 0.4) is 0 Å². The van der Waals surface area contributed by atoms with Gasteiger partial charge in [-0.3, -0.25) is 9.59 Å². The van der Waals surface area contributed by atoms with Gasteiger partial charge in [0, 0.05) is 6.42 Å². The minimum atomic E-state index is -0.647. The van der Waals surface area contributed by atoms with E-state index in [1.165, 1.54) is 6.42 Å². The Morgan fingerprint density at radius 1 is 1.15 bits per heavy atom. The number of rotatable bonds is 11. The number of hydrogen-bond donors (Lipinski definition) is 1. The molecule has 0 aromatic rings. The third-order valence-electron chi connectivity index (χ3n) is 3.26. The number of carbonyl (C=O) groups excluding carboxylic acids is 2. The SMILES string of the molecule is CCOC(=O)CC(=O)CC(O)CC(C)CCCC(C)C. The number of esters is 1. The summed E-state index contributed by atoms with van der Waals surface area (Å²) in [4.78, 5) is 22.7. The van der Waals surface area contributed by atoms with Gasteiger partial charge in [-0.15, -0.1) is 0 Å². The minimum absolute atomic E-state index is 0.0489. The highest BCUT2D eigenvalue weighted by atomic mass is 16.5. The molecule has 0 fully saturated rings. The van der Waals surface area contributed by atoms with Crippen molar-refractivity contribution in [3.8, 4) is 0 Å². The molecular formula is C16H30O4. The lowest BCUT2D eigenvalue weighted by atomic mass is 9.93. The fourth-order valence-electron chi connectivity index (χ4n) is 2.25. The highest BCUT2D eigenvalue weighted by molar-refractivity contribution is 5.95. The summed E-state index contributed by atoms with van der Waals surface area (Å²) in [5.74, 6) is 0.359. The lowest BCUT2D eigenvalue weighted by molar-refractivity contribution is -0.145. The Morgan fingerprint density at radius 2 is 1.80 bits per heavy atom. The second-order valence-electron chi connectivity index (χ2n) is 6.04.